The standard InChI is InChI=1S/C16H16O3S/c1-18-15-10-13(20-2)8-9-14(15)16(17)19-11-12-6-4-3-5-7-12/h3-10H,11H2,1-2H3. The van der Waals surface area contributed by atoms with Gasteiger partial charge in [-0.2, -0.15) is 0 Å². The van der Waals surface area contributed by atoms with Crippen molar-refractivity contribution in [2.24, 2.45) is 0 Å². The van der Waals surface area contributed by atoms with Gasteiger partial charge in [-0.15, -0.1) is 11.8 Å². The molecule has 2 aromatic rings. The van der Waals surface area contributed by atoms with Crippen LogP contribution in [0.5, 0.6) is 5.75 Å². The van der Waals surface area contributed by atoms with Crippen LogP contribution in [-0.2, 0) is 11.3 Å². The predicted molar refractivity (Wildman–Crippen MR) is 80.3 cm³/mol. The Hall–Kier alpha value is -1.94. The van der Waals surface area contributed by atoms with Crippen molar-refractivity contribution in [3.05, 3.63) is 59.7 Å². The van der Waals surface area contributed by atoms with E-state index in [2.05, 4.69) is 0 Å². The molecule has 20 heavy (non-hydrogen) atoms. The molecule has 2 rings (SSSR count). The number of thioether (sulfide) groups is 1. The number of hydrogen-bond donors (Lipinski definition) is 0. The highest BCUT2D eigenvalue weighted by Gasteiger charge is 2.14. The van der Waals surface area contributed by atoms with E-state index in [1.807, 2.05) is 48.7 Å². The third-order valence-electron chi connectivity index (χ3n) is 2.84. The number of rotatable bonds is 5. The van der Waals surface area contributed by atoms with Gasteiger partial charge in [0.15, 0.2) is 0 Å². The zero-order valence-electron chi connectivity index (χ0n) is 11.5. The minimum atomic E-state index is -0.377. The largest absolute Gasteiger partial charge is 0.496 e. The number of hydrogen-bond acceptors (Lipinski definition) is 4. The SMILES string of the molecule is COc1cc(SC)ccc1C(=O)OCc1ccccc1. The molecule has 0 N–H and O–H groups in total. The first-order valence-corrected chi connectivity index (χ1v) is 7.40. The second-order valence-corrected chi connectivity index (χ2v) is 5.01. The van der Waals surface area contributed by atoms with E-state index in [0.29, 0.717) is 11.3 Å². The quantitative estimate of drug-likeness (QED) is 0.619. The van der Waals surface area contributed by atoms with Crippen LogP contribution in [0.1, 0.15) is 15.9 Å². The number of carbonyl (C=O) groups is 1. The maximum Gasteiger partial charge on any atom is 0.342 e. The fraction of sp³-hybridized carbons (Fsp3) is 0.188. The van der Waals surface area contributed by atoms with E-state index in [9.17, 15) is 4.79 Å². The topological polar surface area (TPSA) is 35.5 Å². The highest BCUT2D eigenvalue weighted by molar-refractivity contribution is 7.98. The van der Waals surface area contributed by atoms with E-state index in [0.717, 1.165) is 10.5 Å². The molecule has 0 unspecified atom stereocenters. The Bertz CT molecular complexity index is 582. The fourth-order valence-electron chi connectivity index (χ4n) is 1.77. The summed E-state index contributed by atoms with van der Waals surface area (Å²) in [7, 11) is 1.55. The smallest absolute Gasteiger partial charge is 0.342 e. The molecule has 0 atom stereocenters. The van der Waals surface area contributed by atoms with E-state index >= 15 is 0 Å². The molecule has 104 valence electrons. The van der Waals surface area contributed by atoms with Crippen molar-refractivity contribution in [3.63, 3.8) is 0 Å². The van der Waals surface area contributed by atoms with Gasteiger partial charge in [0, 0.05) is 4.90 Å². The van der Waals surface area contributed by atoms with E-state index in [-0.39, 0.29) is 12.6 Å². The van der Waals surface area contributed by atoms with Crippen molar-refractivity contribution in [2.75, 3.05) is 13.4 Å². The number of benzene rings is 2. The van der Waals surface area contributed by atoms with Crippen molar-refractivity contribution >= 4 is 17.7 Å². The molecule has 0 spiro atoms. The molecule has 0 amide bonds. The van der Waals surface area contributed by atoms with Gasteiger partial charge in [-0.1, -0.05) is 30.3 Å². The van der Waals surface area contributed by atoms with Crippen molar-refractivity contribution < 1.29 is 14.3 Å². The first-order chi connectivity index (χ1) is 9.74. The van der Waals surface area contributed by atoms with Crippen LogP contribution >= 0.6 is 11.8 Å². The van der Waals surface area contributed by atoms with Gasteiger partial charge < -0.3 is 9.47 Å². The Labute approximate surface area is 122 Å². The first kappa shape index (κ1) is 14.5. The van der Waals surface area contributed by atoms with Crippen molar-refractivity contribution in [3.8, 4) is 5.75 Å². The molecule has 0 aliphatic heterocycles. The summed E-state index contributed by atoms with van der Waals surface area (Å²) in [5, 5.41) is 0. The molecule has 0 aliphatic rings. The van der Waals surface area contributed by atoms with Crippen LogP contribution in [-0.4, -0.2) is 19.3 Å². The summed E-state index contributed by atoms with van der Waals surface area (Å²) in [6.07, 6.45) is 1.97. The average molecular weight is 288 g/mol. The molecule has 0 saturated carbocycles. The Morgan fingerprint density at radius 3 is 2.55 bits per heavy atom. The van der Waals surface area contributed by atoms with Gasteiger partial charge in [0.25, 0.3) is 0 Å². The van der Waals surface area contributed by atoms with Crippen LogP contribution in [0.25, 0.3) is 0 Å². The number of methoxy groups -OCH3 is 1. The normalized spacial score (nSPS) is 10.1. The molecular weight excluding hydrogens is 272 g/mol. The lowest BCUT2D eigenvalue weighted by molar-refractivity contribution is 0.0469. The van der Waals surface area contributed by atoms with E-state index in [4.69, 9.17) is 9.47 Å². The van der Waals surface area contributed by atoms with E-state index < -0.39 is 0 Å². The van der Waals surface area contributed by atoms with E-state index in [1.54, 1.807) is 24.9 Å². The highest BCUT2D eigenvalue weighted by atomic mass is 32.2. The van der Waals surface area contributed by atoms with Gasteiger partial charge in [0.05, 0.1) is 7.11 Å². The summed E-state index contributed by atoms with van der Waals surface area (Å²) in [4.78, 5) is 13.1. The number of esters is 1. The molecule has 0 aromatic heterocycles. The summed E-state index contributed by atoms with van der Waals surface area (Å²) in [5.74, 6) is 0.160. The van der Waals surface area contributed by atoms with Crippen molar-refractivity contribution in [2.45, 2.75) is 11.5 Å². The van der Waals surface area contributed by atoms with Gasteiger partial charge in [-0.3, -0.25) is 0 Å². The van der Waals surface area contributed by atoms with Crippen LogP contribution in [0.3, 0.4) is 0 Å². The van der Waals surface area contributed by atoms with Crippen LogP contribution in [0, 0.1) is 0 Å². The second kappa shape index (κ2) is 7.01. The van der Waals surface area contributed by atoms with E-state index in [1.165, 1.54) is 0 Å². The molecule has 3 nitrogen and oxygen atoms in total. The summed E-state index contributed by atoms with van der Waals surface area (Å²) < 4.78 is 10.6. The third kappa shape index (κ3) is 3.54. The lowest BCUT2D eigenvalue weighted by Crippen LogP contribution is -2.07. The lowest BCUT2D eigenvalue weighted by Gasteiger charge is -2.10. The van der Waals surface area contributed by atoms with Crippen molar-refractivity contribution in [1.29, 1.82) is 0 Å². The molecule has 0 radical (unpaired) electrons. The molecule has 0 fully saturated rings. The van der Waals surface area contributed by atoms with Crippen molar-refractivity contribution in [1.82, 2.24) is 0 Å². The average Bonchev–Trinajstić information content (AvgIpc) is 2.52. The zero-order chi connectivity index (χ0) is 14.4. The maximum absolute atomic E-state index is 12.1. The molecule has 2 aromatic carbocycles. The second-order valence-electron chi connectivity index (χ2n) is 4.13. The number of ether oxygens (including phenoxy) is 2. The van der Waals surface area contributed by atoms with Gasteiger partial charge in [0.1, 0.15) is 17.9 Å². The molecule has 0 aliphatic carbocycles. The molecule has 4 heteroatoms. The molecule has 0 bridgehead atoms. The molecule has 0 heterocycles. The summed E-state index contributed by atoms with van der Waals surface area (Å²) in [6.45, 7) is 0.257. The maximum atomic E-state index is 12.1. The van der Waals surface area contributed by atoms with Gasteiger partial charge in [-0.25, -0.2) is 4.79 Å². The Balaban J connectivity index is 2.09. The van der Waals surface area contributed by atoms with Crippen LogP contribution in [0.2, 0.25) is 0 Å². The fourth-order valence-corrected chi connectivity index (χ4v) is 2.20. The molecule has 0 saturated heterocycles. The highest BCUT2D eigenvalue weighted by Crippen LogP contribution is 2.26. The summed E-state index contributed by atoms with van der Waals surface area (Å²) in [6, 6.07) is 15.0. The van der Waals surface area contributed by atoms with Gasteiger partial charge >= 0.3 is 5.97 Å². The minimum absolute atomic E-state index is 0.257. The summed E-state index contributed by atoms with van der Waals surface area (Å²) in [5.41, 5.74) is 1.40. The van der Waals surface area contributed by atoms with Gasteiger partial charge in [0.2, 0.25) is 0 Å². The van der Waals surface area contributed by atoms with Crippen LogP contribution in [0.4, 0.5) is 0 Å². The number of carbonyl (C=O) groups excluding carboxylic acids is 1. The minimum Gasteiger partial charge on any atom is -0.496 e. The van der Waals surface area contributed by atoms with Gasteiger partial charge in [-0.05, 0) is 30.0 Å². The summed E-state index contributed by atoms with van der Waals surface area (Å²) >= 11 is 1.60. The Kier molecular flexibility index (Phi) is 5.07. The van der Waals surface area contributed by atoms with Crippen LogP contribution in [0.15, 0.2) is 53.4 Å². The Morgan fingerprint density at radius 1 is 1.15 bits per heavy atom. The first-order valence-electron chi connectivity index (χ1n) is 6.17. The third-order valence-corrected chi connectivity index (χ3v) is 3.57. The van der Waals surface area contributed by atoms with Crippen LogP contribution < -0.4 is 4.74 Å². The Morgan fingerprint density at radius 2 is 1.90 bits per heavy atom. The lowest BCUT2D eigenvalue weighted by atomic mass is 10.2. The zero-order valence-corrected chi connectivity index (χ0v) is 12.3. The monoisotopic (exact) mass is 288 g/mol. The molecular formula is C16H16O3S. The predicted octanol–water partition coefficient (Wildman–Crippen LogP) is 3.77.